The van der Waals surface area contributed by atoms with E-state index < -0.39 is 0 Å². The Bertz CT molecular complexity index is 1060. The van der Waals surface area contributed by atoms with Gasteiger partial charge in [-0.2, -0.15) is 0 Å². The molecule has 2 aromatic carbocycles. The van der Waals surface area contributed by atoms with Crippen LogP contribution >= 0.6 is 0 Å². The van der Waals surface area contributed by atoms with Gasteiger partial charge in [0.05, 0.1) is 11.1 Å². The summed E-state index contributed by atoms with van der Waals surface area (Å²) in [4.78, 5) is 15.3. The molecule has 5 heteroatoms. The number of para-hydroxylation sites is 1. The largest absolute Gasteiger partial charge is 0.507 e. The Morgan fingerprint density at radius 1 is 1.13 bits per heavy atom. The van der Waals surface area contributed by atoms with Crippen molar-refractivity contribution in [2.45, 2.75) is 38.8 Å². The number of phenolic OH excluding ortho intramolecular Hbond substituents is 1. The molecule has 0 aliphatic carbocycles. The zero-order valence-electron chi connectivity index (χ0n) is 17.1. The van der Waals surface area contributed by atoms with Gasteiger partial charge in [-0.25, -0.2) is 0 Å². The van der Waals surface area contributed by atoms with Gasteiger partial charge in [-0.15, -0.1) is 0 Å². The van der Waals surface area contributed by atoms with Crippen molar-refractivity contribution in [3.05, 3.63) is 70.5 Å². The molecule has 30 heavy (non-hydrogen) atoms. The number of ether oxygens (including phenoxy) is 2. The van der Waals surface area contributed by atoms with E-state index in [0.717, 1.165) is 42.8 Å². The molecule has 0 bridgehead atoms. The zero-order valence-corrected chi connectivity index (χ0v) is 17.1. The fraction of sp³-hybridized carbons (Fsp3) is 0.320. The van der Waals surface area contributed by atoms with Crippen molar-refractivity contribution in [1.82, 2.24) is 4.90 Å². The normalized spacial score (nSPS) is 22.2. The second kappa shape index (κ2) is 7.65. The molecule has 5 rings (SSSR count). The van der Waals surface area contributed by atoms with Crippen LogP contribution in [0.4, 0.5) is 0 Å². The number of rotatable bonds is 3. The number of allylic oxidation sites excluding steroid dienone is 1. The molecule has 1 saturated heterocycles. The van der Waals surface area contributed by atoms with Crippen molar-refractivity contribution in [2.75, 3.05) is 13.1 Å². The minimum atomic E-state index is -0.186. The summed E-state index contributed by atoms with van der Waals surface area (Å²) in [6.45, 7) is 4.55. The molecule has 3 aliphatic rings. The number of fused-ring (bicyclic) bond motifs is 2. The van der Waals surface area contributed by atoms with Gasteiger partial charge in [0.1, 0.15) is 23.4 Å². The van der Waals surface area contributed by atoms with Crippen molar-refractivity contribution in [1.29, 1.82) is 0 Å². The zero-order chi connectivity index (χ0) is 20.7. The minimum Gasteiger partial charge on any atom is -0.507 e. The maximum atomic E-state index is 13.0. The lowest BCUT2D eigenvalue weighted by Crippen LogP contribution is -2.29. The number of nitrogens with zero attached hydrogens (tertiary/aromatic N) is 1. The first-order valence-corrected chi connectivity index (χ1v) is 10.6. The molecule has 3 heterocycles. The minimum absolute atomic E-state index is 0.156. The van der Waals surface area contributed by atoms with E-state index in [0.29, 0.717) is 23.4 Å². The Morgan fingerprint density at radius 3 is 2.77 bits per heavy atom. The second-order valence-corrected chi connectivity index (χ2v) is 8.16. The van der Waals surface area contributed by atoms with Gasteiger partial charge in [0, 0.05) is 12.1 Å². The summed E-state index contributed by atoms with van der Waals surface area (Å²) in [6, 6.07) is 11.1. The first-order chi connectivity index (χ1) is 14.6. The number of hydrogen-bond donors (Lipinski definition) is 1. The summed E-state index contributed by atoms with van der Waals surface area (Å²) >= 11 is 0. The Kier molecular flexibility index (Phi) is 4.83. The number of aromatic hydroxyl groups is 1. The summed E-state index contributed by atoms with van der Waals surface area (Å²) in [5.74, 6) is 1.62. The van der Waals surface area contributed by atoms with Crippen LogP contribution in [-0.2, 0) is 6.54 Å². The Hall–Kier alpha value is -3.05. The van der Waals surface area contributed by atoms with Crippen molar-refractivity contribution >= 4 is 11.9 Å². The van der Waals surface area contributed by atoms with Gasteiger partial charge in [-0.05, 0) is 68.8 Å². The van der Waals surface area contributed by atoms with Gasteiger partial charge in [-0.1, -0.05) is 24.6 Å². The van der Waals surface area contributed by atoms with Crippen LogP contribution < -0.4 is 9.47 Å². The highest BCUT2D eigenvalue weighted by molar-refractivity contribution is 6.13. The van der Waals surface area contributed by atoms with Gasteiger partial charge >= 0.3 is 0 Å². The van der Waals surface area contributed by atoms with Crippen molar-refractivity contribution in [3.8, 4) is 17.2 Å². The number of benzene rings is 2. The summed E-state index contributed by atoms with van der Waals surface area (Å²) < 4.78 is 12.0. The van der Waals surface area contributed by atoms with Crippen molar-refractivity contribution < 1.29 is 19.4 Å². The van der Waals surface area contributed by atoms with Crippen molar-refractivity contribution in [3.63, 3.8) is 0 Å². The van der Waals surface area contributed by atoms with Crippen molar-refractivity contribution in [2.24, 2.45) is 0 Å². The number of carbonyl (C=O) groups excluding carboxylic acids is 1. The first-order valence-electron chi connectivity index (χ1n) is 10.6. The van der Waals surface area contributed by atoms with Gasteiger partial charge in [0.15, 0.2) is 5.76 Å². The molecule has 1 N–H and O–H groups in total. The fourth-order valence-corrected chi connectivity index (χ4v) is 4.36. The smallest absolute Gasteiger partial charge is 0.231 e. The number of carbonyl (C=O) groups is 1. The average molecular weight is 403 g/mol. The van der Waals surface area contributed by atoms with E-state index in [1.807, 2.05) is 37.3 Å². The van der Waals surface area contributed by atoms with E-state index >= 15 is 0 Å². The Labute approximate surface area is 176 Å². The SMILES string of the molecule is CC1Oc2ccccc2C=C1C=C1Oc2c(ccc(O)c2CN2CCCCC2)C1=O. The van der Waals surface area contributed by atoms with E-state index in [4.69, 9.17) is 9.47 Å². The van der Waals surface area contributed by atoms with E-state index in [-0.39, 0.29) is 23.4 Å². The molecule has 0 aromatic heterocycles. The number of likely N-dealkylation sites (tertiary alicyclic amines) is 1. The van der Waals surface area contributed by atoms with Crippen LogP contribution in [0.1, 0.15) is 47.7 Å². The molecule has 0 radical (unpaired) electrons. The predicted molar refractivity (Wildman–Crippen MR) is 115 cm³/mol. The molecule has 1 fully saturated rings. The molecule has 0 amide bonds. The van der Waals surface area contributed by atoms with Crippen LogP contribution in [0.5, 0.6) is 17.2 Å². The van der Waals surface area contributed by atoms with Gasteiger partial charge in [0.2, 0.25) is 5.78 Å². The van der Waals surface area contributed by atoms with Crippen LogP contribution in [0, 0.1) is 0 Å². The van der Waals surface area contributed by atoms with E-state index in [1.54, 1.807) is 18.2 Å². The molecule has 3 aliphatic heterocycles. The lowest BCUT2D eigenvalue weighted by Gasteiger charge is -2.27. The summed E-state index contributed by atoms with van der Waals surface area (Å²) in [6.07, 6.45) is 7.18. The third-order valence-electron chi connectivity index (χ3n) is 6.06. The summed E-state index contributed by atoms with van der Waals surface area (Å²) in [7, 11) is 0. The number of ketones is 1. The monoisotopic (exact) mass is 403 g/mol. The van der Waals surface area contributed by atoms with Crippen LogP contribution in [-0.4, -0.2) is 35.0 Å². The van der Waals surface area contributed by atoms with Crippen LogP contribution in [0.25, 0.3) is 6.08 Å². The van der Waals surface area contributed by atoms with Crippen LogP contribution in [0.2, 0.25) is 0 Å². The highest BCUT2D eigenvalue weighted by Gasteiger charge is 2.32. The Balaban J connectivity index is 1.46. The molecular formula is C25H25NO4. The van der Waals surface area contributed by atoms with Gasteiger partial charge < -0.3 is 14.6 Å². The van der Waals surface area contributed by atoms with Gasteiger partial charge in [0.25, 0.3) is 0 Å². The molecule has 154 valence electrons. The lowest BCUT2D eigenvalue weighted by atomic mass is 10.00. The molecule has 0 saturated carbocycles. The molecule has 0 spiro atoms. The van der Waals surface area contributed by atoms with E-state index in [1.165, 1.54) is 6.42 Å². The summed E-state index contributed by atoms with van der Waals surface area (Å²) in [5.41, 5.74) is 3.07. The maximum absolute atomic E-state index is 13.0. The highest BCUT2D eigenvalue weighted by Crippen LogP contribution is 2.41. The van der Waals surface area contributed by atoms with Crippen LogP contribution in [0.3, 0.4) is 0 Å². The number of piperidine rings is 1. The molecule has 2 aromatic rings. The van der Waals surface area contributed by atoms with Gasteiger partial charge in [-0.3, -0.25) is 9.69 Å². The third kappa shape index (κ3) is 3.39. The highest BCUT2D eigenvalue weighted by atomic mass is 16.5. The molecule has 1 unspecified atom stereocenters. The number of Topliss-reactive ketones (excluding diaryl/α,β-unsaturated/α-hetero) is 1. The van der Waals surface area contributed by atoms with Crippen LogP contribution in [0.15, 0.2) is 53.8 Å². The van der Waals surface area contributed by atoms with E-state index in [9.17, 15) is 9.90 Å². The second-order valence-electron chi connectivity index (χ2n) is 8.16. The first kappa shape index (κ1) is 18.9. The average Bonchev–Trinajstić information content (AvgIpc) is 3.07. The molecule has 1 atom stereocenters. The predicted octanol–water partition coefficient (Wildman–Crippen LogP) is 4.70. The maximum Gasteiger partial charge on any atom is 0.231 e. The fourth-order valence-electron chi connectivity index (χ4n) is 4.36. The van der Waals surface area contributed by atoms with E-state index in [2.05, 4.69) is 4.90 Å². The standard InChI is InChI=1S/C25H25NO4/c1-16-18(13-17-7-3-4-8-22(17)29-16)14-23-24(28)19-9-10-21(27)20(25(19)30-23)15-26-11-5-2-6-12-26/h3-4,7-10,13-14,16,27H,2,5-6,11-12,15H2,1H3. The lowest BCUT2D eigenvalue weighted by molar-refractivity contribution is 0.101. The third-order valence-corrected chi connectivity index (χ3v) is 6.06. The topological polar surface area (TPSA) is 59.0 Å². The molecular weight excluding hydrogens is 378 g/mol. The number of phenols is 1. The summed E-state index contributed by atoms with van der Waals surface area (Å²) in [5, 5.41) is 10.5. The number of hydrogen-bond acceptors (Lipinski definition) is 5. The Morgan fingerprint density at radius 2 is 1.93 bits per heavy atom. The molecule has 5 nitrogen and oxygen atoms in total. The quantitative estimate of drug-likeness (QED) is 0.753.